The van der Waals surface area contributed by atoms with Crippen LogP contribution in [0.5, 0.6) is 0 Å². The standard InChI is InChI=1S/C52H37N5/c1-52(2,3)39-26-27-49-43(30-39)42-24-14-15-25-48(42)57(49)50-44(40-22-12-10-20-36(40)32-53)28-38(29-45(50)41-23-13-11-21-37(41)33-54)51-55-46(34-16-6-4-7-17-34)31-47(56-51)35-18-8-5-9-19-35/h4-31H,1-3H3. The van der Waals surface area contributed by atoms with Crippen LogP contribution in [0.3, 0.4) is 0 Å². The summed E-state index contributed by atoms with van der Waals surface area (Å²) in [4.78, 5) is 10.5. The molecule has 0 aliphatic rings. The smallest absolute Gasteiger partial charge is 0.160 e. The Labute approximate surface area is 332 Å². The SMILES string of the molecule is CC(C)(C)c1ccc2c(c1)c1ccccc1n2-c1c(-c2ccccc2C#N)cc(-c2nc(-c3ccccc3)cc(-c3ccccc3)n2)cc1-c1ccccc1C#N. The van der Waals surface area contributed by atoms with Gasteiger partial charge in [0.05, 0.1) is 51.4 Å². The van der Waals surface area contributed by atoms with Crippen LogP contribution in [0.15, 0.2) is 170 Å². The average molecular weight is 732 g/mol. The van der Waals surface area contributed by atoms with Crippen molar-refractivity contribution in [3.8, 4) is 74.0 Å². The Morgan fingerprint density at radius 1 is 0.456 bits per heavy atom. The average Bonchev–Trinajstić information content (AvgIpc) is 3.59. The van der Waals surface area contributed by atoms with Gasteiger partial charge in [-0.25, -0.2) is 9.97 Å². The quantitative estimate of drug-likeness (QED) is 0.171. The van der Waals surface area contributed by atoms with E-state index in [2.05, 4.69) is 116 Å². The number of para-hydroxylation sites is 1. The summed E-state index contributed by atoms with van der Waals surface area (Å²) in [5.41, 5.74) is 12.6. The Bertz CT molecular complexity index is 2930. The molecule has 7 aromatic carbocycles. The van der Waals surface area contributed by atoms with Crippen molar-refractivity contribution in [2.45, 2.75) is 26.2 Å². The van der Waals surface area contributed by atoms with Crippen LogP contribution in [0.25, 0.3) is 83.6 Å². The first kappa shape index (κ1) is 35.1. The molecule has 0 amide bonds. The lowest BCUT2D eigenvalue weighted by molar-refractivity contribution is 0.591. The molecule has 5 nitrogen and oxygen atoms in total. The van der Waals surface area contributed by atoms with Crippen molar-refractivity contribution in [1.82, 2.24) is 14.5 Å². The van der Waals surface area contributed by atoms with E-state index in [1.807, 2.05) is 91.0 Å². The van der Waals surface area contributed by atoms with E-state index < -0.39 is 0 Å². The molecule has 0 spiro atoms. The van der Waals surface area contributed by atoms with Gasteiger partial charge in [0.15, 0.2) is 5.82 Å². The van der Waals surface area contributed by atoms with Gasteiger partial charge in [0, 0.05) is 49.7 Å². The molecule has 5 heteroatoms. The molecule has 0 bridgehead atoms. The van der Waals surface area contributed by atoms with Gasteiger partial charge in [0.1, 0.15) is 0 Å². The number of rotatable bonds is 6. The maximum absolute atomic E-state index is 10.6. The lowest BCUT2D eigenvalue weighted by Crippen LogP contribution is -2.10. The fourth-order valence-corrected chi connectivity index (χ4v) is 7.82. The third kappa shape index (κ3) is 6.32. The van der Waals surface area contributed by atoms with Gasteiger partial charge >= 0.3 is 0 Å². The molecule has 0 unspecified atom stereocenters. The molecule has 0 atom stereocenters. The summed E-state index contributed by atoms with van der Waals surface area (Å²) in [7, 11) is 0. The van der Waals surface area contributed by atoms with E-state index in [9.17, 15) is 10.5 Å². The van der Waals surface area contributed by atoms with Crippen molar-refractivity contribution in [3.05, 3.63) is 187 Å². The summed E-state index contributed by atoms with van der Waals surface area (Å²) >= 11 is 0. The van der Waals surface area contributed by atoms with Crippen LogP contribution >= 0.6 is 0 Å². The second-order valence-corrected chi connectivity index (χ2v) is 15.3. The summed E-state index contributed by atoms with van der Waals surface area (Å²) in [6.45, 7) is 6.70. The fraction of sp³-hybridized carbons (Fsp3) is 0.0769. The van der Waals surface area contributed by atoms with E-state index >= 15 is 0 Å². The molecule has 9 rings (SSSR count). The highest BCUT2D eigenvalue weighted by molar-refractivity contribution is 6.11. The molecule has 0 aliphatic carbocycles. The summed E-state index contributed by atoms with van der Waals surface area (Å²) in [6, 6.07) is 62.1. The lowest BCUT2D eigenvalue weighted by Gasteiger charge is -2.22. The highest BCUT2D eigenvalue weighted by Gasteiger charge is 2.25. The maximum Gasteiger partial charge on any atom is 0.160 e. The minimum Gasteiger partial charge on any atom is -0.308 e. The van der Waals surface area contributed by atoms with Crippen LogP contribution in [0.2, 0.25) is 0 Å². The molecular formula is C52H37N5. The monoisotopic (exact) mass is 731 g/mol. The minimum atomic E-state index is -0.0558. The molecular weight excluding hydrogens is 695 g/mol. The number of nitrogens with zero attached hydrogens (tertiary/aromatic N) is 5. The Kier molecular flexibility index (Phi) is 8.77. The van der Waals surface area contributed by atoms with Crippen LogP contribution in [-0.2, 0) is 5.41 Å². The van der Waals surface area contributed by atoms with E-state index in [-0.39, 0.29) is 5.41 Å². The molecule has 270 valence electrons. The van der Waals surface area contributed by atoms with Crippen LogP contribution < -0.4 is 0 Å². The van der Waals surface area contributed by atoms with Gasteiger partial charge in [-0.05, 0) is 59.5 Å². The zero-order chi connectivity index (χ0) is 39.1. The van der Waals surface area contributed by atoms with Crippen LogP contribution in [-0.4, -0.2) is 14.5 Å². The first-order valence-electron chi connectivity index (χ1n) is 19.0. The van der Waals surface area contributed by atoms with Gasteiger partial charge in [-0.2, -0.15) is 10.5 Å². The number of nitriles is 2. The predicted octanol–water partition coefficient (Wildman–Crippen LogP) is 12.9. The van der Waals surface area contributed by atoms with Gasteiger partial charge in [-0.15, -0.1) is 0 Å². The first-order valence-corrected chi connectivity index (χ1v) is 19.0. The van der Waals surface area contributed by atoms with E-state index in [0.29, 0.717) is 17.0 Å². The second-order valence-electron chi connectivity index (χ2n) is 15.3. The van der Waals surface area contributed by atoms with Gasteiger partial charge in [0.2, 0.25) is 0 Å². The first-order chi connectivity index (χ1) is 27.8. The van der Waals surface area contributed by atoms with E-state index in [1.165, 1.54) is 5.56 Å². The van der Waals surface area contributed by atoms with Gasteiger partial charge in [-0.3, -0.25) is 0 Å². The molecule has 57 heavy (non-hydrogen) atoms. The third-order valence-electron chi connectivity index (χ3n) is 10.7. The van der Waals surface area contributed by atoms with Crippen molar-refractivity contribution in [3.63, 3.8) is 0 Å². The Morgan fingerprint density at radius 3 is 1.49 bits per heavy atom. The normalized spacial score (nSPS) is 11.4. The molecule has 0 saturated heterocycles. The van der Waals surface area contributed by atoms with Gasteiger partial charge in [0.25, 0.3) is 0 Å². The number of fused-ring (bicyclic) bond motifs is 3. The Balaban J connectivity index is 1.45. The third-order valence-corrected chi connectivity index (χ3v) is 10.7. The molecule has 0 fully saturated rings. The van der Waals surface area contributed by atoms with Gasteiger partial charge < -0.3 is 4.57 Å². The summed E-state index contributed by atoms with van der Waals surface area (Å²) < 4.78 is 2.31. The molecule has 9 aromatic rings. The lowest BCUT2D eigenvalue weighted by atomic mass is 9.86. The van der Waals surface area contributed by atoms with Crippen molar-refractivity contribution in [2.75, 3.05) is 0 Å². The number of hydrogen-bond donors (Lipinski definition) is 0. The maximum atomic E-state index is 10.6. The summed E-state index contributed by atoms with van der Waals surface area (Å²) in [6.07, 6.45) is 0. The largest absolute Gasteiger partial charge is 0.308 e. The van der Waals surface area contributed by atoms with Gasteiger partial charge in [-0.1, -0.05) is 142 Å². The van der Waals surface area contributed by atoms with Crippen molar-refractivity contribution >= 4 is 21.8 Å². The van der Waals surface area contributed by atoms with Crippen molar-refractivity contribution in [2.24, 2.45) is 0 Å². The van der Waals surface area contributed by atoms with Crippen molar-refractivity contribution < 1.29 is 0 Å². The predicted molar refractivity (Wildman–Crippen MR) is 232 cm³/mol. The Morgan fingerprint density at radius 2 is 0.947 bits per heavy atom. The zero-order valence-corrected chi connectivity index (χ0v) is 31.9. The van der Waals surface area contributed by atoms with Crippen LogP contribution in [0, 0.1) is 22.7 Å². The van der Waals surface area contributed by atoms with E-state index in [4.69, 9.17) is 9.97 Å². The van der Waals surface area contributed by atoms with E-state index in [0.717, 1.165) is 77.8 Å². The number of hydrogen-bond acceptors (Lipinski definition) is 4. The topological polar surface area (TPSA) is 78.3 Å². The molecule has 0 aliphatic heterocycles. The zero-order valence-electron chi connectivity index (χ0n) is 31.9. The molecule has 0 N–H and O–H groups in total. The number of aromatic nitrogens is 3. The highest BCUT2D eigenvalue weighted by atomic mass is 15.0. The van der Waals surface area contributed by atoms with Crippen LogP contribution in [0.4, 0.5) is 0 Å². The van der Waals surface area contributed by atoms with Crippen LogP contribution in [0.1, 0.15) is 37.5 Å². The summed E-state index contributed by atoms with van der Waals surface area (Å²) in [5, 5.41) is 23.5. The number of benzene rings is 7. The molecule has 2 heterocycles. The van der Waals surface area contributed by atoms with E-state index in [1.54, 1.807) is 0 Å². The van der Waals surface area contributed by atoms with Crippen molar-refractivity contribution in [1.29, 1.82) is 10.5 Å². The Hall–Kier alpha value is -7.60. The molecule has 0 saturated carbocycles. The molecule has 0 radical (unpaired) electrons. The molecule has 2 aromatic heterocycles. The summed E-state index contributed by atoms with van der Waals surface area (Å²) in [5.74, 6) is 0.533. The second kappa shape index (κ2) is 14.2. The minimum absolute atomic E-state index is 0.0558. The fourth-order valence-electron chi connectivity index (χ4n) is 7.82. The highest BCUT2D eigenvalue weighted by Crippen LogP contribution is 2.45.